The van der Waals surface area contributed by atoms with Crippen LogP contribution in [0.15, 0.2) is 54.6 Å². The SMILES string of the molecule is O=C(Nc1ccc(OC(F)(F)F)cc1)N1CCC2(C=C(c3ccc(Cl)cc3)NO2)CC1. The molecule has 0 aromatic heterocycles. The number of nitrogens with one attached hydrogen (secondary N) is 2. The molecule has 2 aliphatic rings. The predicted molar refractivity (Wildman–Crippen MR) is 109 cm³/mol. The molecule has 1 saturated heterocycles. The summed E-state index contributed by atoms with van der Waals surface area (Å²) in [4.78, 5) is 20.0. The standard InChI is InChI=1S/C21H19ClF3N3O3/c22-15-3-1-14(2-4-15)18-13-20(31-27-18)9-11-28(12-10-20)19(29)26-16-5-7-17(8-6-16)30-21(23,24)25/h1-8,13,27H,9-12H2,(H,26,29). The minimum Gasteiger partial charge on any atom is -0.406 e. The van der Waals surface area contributed by atoms with Crippen molar-refractivity contribution >= 4 is 29.0 Å². The molecule has 0 aliphatic carbocycles. The van der Waals surface area contributed by atoms with Gasteiger partial charge in [-0.05, 0) is 48.0 Å². The molecule has 0 atom stereocenters. The van der Waals surface area contributed by atoms with E-state index in [4.69, 9.17) is 16.4 Å². The average molecular weight is 454 g/mol. The zero-order valence-electron chi connectivity index (χ0n) is 16.2. The maximum atomic E-state index is 12.5. The summed E-state index contributed by atoms with van der Waals surface area (Å²) in [6.07, 6.45) is -1.52. The van der Waals surface area contributed by atoms with Gasteiger partial charge in [-0.3, -0.25) is 10.3 Å². The number of benzene rings is 2. The van der Waals surface area contributed by atoms with Crippen molar-refractivity contribution in [1.29, 1.82) is 0 Å². The normalized spacial score (nSPS) is 17.8. The Balaban J connectivity index is 1.32. The highest BCUT2D eigenvalue weighted by molar-refractivity contribution is 6.30. The van der Waals surface area contributed by atoms with Crippen LogP contribution in [0.2, 0.25) is 5.02 Å². The van der Waals surface area contributed by atoms with E-state index in [0.29, 0.717) is 36.6 Å². The van der Waals surface area contributed by atoms with E-state index in [0.717, 1.165) is 23.4 Å². The van der Waals surface area contributed by atoms with Gasteiger partial charge in [-0.15, -0.1) is 13.2 Å². The lowest BCUT2D eigenvalue weighted by molar-refractivity contribution is -0.274. The lowest BCUT2D eigenvalue weighted by Crippen LogP contribution is -2.48. The zero-order valence-corrected chi connectivity index (χ0v) is 17.0. The molecule has 4 rings (SSSR count). The molecule has 2 aromatic rings. The molecule has 0 bridgehead atoms. The molecule has 1 fully saturated rings. The van der Waals surface area contributed by atoms with Crippen molar-refractivity contribution in [3.63, 3.8) is 0 Å². The van der Waals surface area contributed by atoms with Gasteiger partial charge in [0.25, 0.3) is 0 Å². The topological polar surface area (TPSA) is 62.8 Å². The Labute approximate surface area is 181 Å². The monoisotopic (exact) mass is 453 g/mol. The number of anilines is 1. The maximum absolute atomic E-state index is 12.5. The molecule has 2 N–H and O–H groups in total. The minimum absolute atomic E-state index is 0.327. The summed E-state index contributed by atoms with van der Waals surface area (Å²) in [7, 11) is 0. The highest BCUT2D eigenvalue weighted by atomic mass is 35.5. The van der Waals surface area contributed by atoms with E-state index >= 15 is 0 Å². The summed E-state index contributed by atoms with van der Waals surface area (Å²) in [5.41, 5.74) is 4.66. The third kappa shape index (κ3) is 5.23. The van der Waals surface area contributed by atoms with Crippen molar-refractivity contribution in [2.75, 3.05) is 18.4 Å². The van der Waals surface area contributed by atoms with Gasteiger partial charge in [-0.1, -0.05) is 23.7 Å². The first kappa shape index (κ1) is 21.3. The number of halogens is 4. The van der Waals surface area contributed by atoms with Crippen molar-refractivity contribution in [1.82, 2.24) is 10.4 Å². The number of rotatable bonds is 3. The number of likely N-dealkylation sites (tertiary alicyclic amines) is 1. The van der Waals surface area contributed by atoms with E-state index in [9.17, 15) is 18.0 Å². The number of hydrogen-bond acceptors (Lipinski definition) is 4. The largest absolute Gasteiger partial charge is 0.573 e. The van der Waals surface area contributed by atoms with Gasteiger partial charge in [0.05, 0.1) is 5.70 Å². The first-order valence-corrected chi connectivity index (χ1v) is 9.94. The van der Waals surface area contributed by atoms with Gasteiger partial charge in [-0.2, -0.15) is 0 Å². The lowest BCUT2D eigenvalue weighted by Gasteiger charge is -2.36. The molecule has 1 spiro atoms. The summed E-state index contributed by atoms with van der Waals surface area (Å²) >= 11 is 5.93. The summed E-state index contributed by atoms with van der Waals surface area (Å²) in [5.74, 6) is -0.348. The second-order valence-electron chi connectivity index (χ2n) is 7.32. The zero-order chi connectivity index (χ0) is 22.1. The third-order valence-corrected chi connectivity index (χ3v) is 5.42. The Hall–Kier alpha value is -2.91. The molecule has 0 unspecified atom stereocenters. The smallest absolute Gasteiger partial charge is 0.406 e. The third-order valence-electron chi connectivity index (χ3n) is 5.16. The van der Waals surface area contributed by atoms with E-state index in [1.54, 1.807) is 17.0 Å². The highest BCUT2D eigenvalue weighted by Gasteiger charge is 2.40. The fourth-order valence-electron chi connectivity index (χ4n) is 3.53. The molecule has 2 aliphatic heterocycles. The molecule has 10 heteroatoms. The van der Waals surface area contributed by atoms with Crippen molar-refractivity contribution in [2.45, 2.75) is 24.8 Å². The fourth-order valence-corrected chi connectivity index (χ4v) is 3.65. The minimum atomic E-state index is -4.76. The van der Waals surface area contributed by atoms with Gasteiger partial charge in [0.1, 0.15) is 11.4 Å². The molecular weight excluding hydrogens is 435 g/mol. The number of nitrogens with zero attached hydrogens (tertiary/aromatic N) is 1. The van der Waals surface area contributed by atoms with Crippen molar-refractivity contribution in [3.8, 4) is 5.75 Å². The summed E-state index contributed by atoms with van der Waals surface area (Å²) in [6.45, 7) is 0.931. The molecule has 2 heterocycles. The Kier molecular flexibility index (Phi) is 5.72. The number of urea groups is 1. The van der Waals surface area contributed by atoms with Crippen LogP contribution in [0.3, 0.4) is 0 Å². The number of hydrogen-bond donors (Lipinski definition) is 2. The van der Waals surface area contributed by atoms with Crippen LogP contribution in [0, 0.1) is 0 Å². The predicted octanol–water partition coefficient (Wildman–Crippen LogP) is 5.18. The van der Waals surface area contributed by atoms with Crippen LogP contribution in [0.25, 0.3) is 5.70 Å². The molecule has 6 nitrogen and oxygen atoms in total. The van der Waals surface area contributed by atoms with Crippen LogP contribution in [-0.4, -0.2) is 36.0 Å². The molecule has 0 radical (unpaired) electrons. The maximum Gasteiger partial charge on any atom is 0.573 e. The number of ether oxygens (including phenoxy) is 1. The van der Waals surface area contributed by atoms with Gasteiger partial charge in [-0.25, -0.2) is 4.79 Å². The van der Waals surface area contributed by atoms with Crippen molar-refractivity contribution < 1.29 is 27.5 Å². The summed E-state index contributed by atoms with van der Waals surface area (Å²) in [5, 5.41) is 3.34. The van der Waals surface area contributed by atoms with Gasteiger partial charge < -0.3 is 15.0 Å². The lowest BCUT2D eigenvalue weighted by atomic mass is 9.90. The van der Waals surface area contributed by atoms with E-state index in [1.165, 1.54) is 12.1 Å². The van der Waals surface area contributed by atoms with Crippen LogP contribution in [0.5, 0.6) is 5.75 Å². The molecule has 2 aromatic carbocycles. The van der Waals surface area contributed by atoms with Crippen LogP contribution in [-0.2, 0) is 4.84 Å². The number of carbonyl (C=O) groups excluding carboxylic acids is 1. The van der Waals surface area contributed by atoms with E-state index in [2.05, 4.69) is 15.5 Å². The first-order valence-electron chi connectivity index (χ1n) is 9.56. The van der Waals surface area contributed by atoms with Crippen molar-refractivity contribution in [2.24, 2.45) is 0 Å². The molecule has 164 valence electrons. The number of amides is 2. The highest BCUT2D eigenvalue weighted by Crippen LogP contribution is 2.35. The Morgan fingerprint density at radius 2 is 1.74 bits per heavy atom. The van der Waals surface area contributed by atoms with Gasteiger partial charge in [0.15, 0.2) is 0 Å². The molecule has 0 saturated carbocycles. The Morgan fingerprint density at radius 1 is 1.10 bits per heavy atom. The number of carbonyl (C=O) groups is 1. The Bertz CT molecular complexity index is 970. The van der Waals surface area contributed by atoms with Crippen LogP contribution >= 0.6 is 11.6 Å². The summed E-state index contributed by atoms with van der Waals surface area (Å²) < 4.78 is 40.5. The van der Waals surface area contributed by atoms with Gasteiger partial charge in [0.2, 0.25) is 0 Å². The van der Waals surface area contributed by atoms with E-state index < -0.39 is 12.0 Å². The van der Waals surface area contributed by atoms with Crippen molar-refractivity contribution in [3.05, 3.63) is 65.2 Å². The molecule has 2 amide bonds. The Morgan fingerprint density at radius 3 is 2.35 bits per heavy atom. The van der Waals surface area contributed by atoms with Crippen LogP contribution in [0.4, 0.5) is 23.7 Å². The first-order chi connectivity index (χ1) is 14.7. The quantitative estimate of drug-likeness (QED) is 0.672. The molecule has 31 heavy (non-hydrogen) atoms. The second-order valence-corrected chi connectivity index (χ2v) is 7.76. The van der Waals surface area contributed by atoms with Crippen LogP contribution in [0.1, 0.15) is 18.4 Å². The molecular formula is C21H19ClF3N3O3. The average Bonchev–Trinajstić information content (AvgIpc) is 3.13. The number of alkyl halides is 3. The van der Waals surface area contributed by atoms with Gasteiger partial charge >= 0.3 is 12.4 Å². The van der Waals surface area contributed by atoms with E-state index in [-0.39, 0.29) is 11.8 Å². The van der Waals surface area contributed by atoms with E-state index in [1.807, 2.05) is 18.2 Å². The number of piperidine rings is 1. The fraction of sp³-hybridized carbons (Fsp3) is 0.286. The number of hydroxylamine groups is 1. The van der Waals surface area contributed by atoms with Gasteiger partial charge in [0, 0.05) is 36.6 Å². The second kappa shape index (κ2) is 8.32. The summed E-state index contributed by atoms with van der Waals surface area (Å²) in [6, 6.07) is 12.1. The van der Waals surface area contributed by atoms with Crippen LogP contribution < -0.4 is 15.5 Å².